The molecule has 0 aromatic carbocycles. The summed E-state index contributed by atoms with van der Waals surface area (Å²) in [6.45, 7) is 3.80. The fraction of sp³-hybridized carbons (Fsp3) is 0.950. The predicted molar refractivity (Wildman–Crippen MR) is 90.1 cm³/mol. The molecular weight excluding hydrogens is 304 g/mol. The number of aliphatic hydroxyl groups excluding tert-OH is 1. The number of carbonyl (C=O) groups is 1. The van der Waals surface area contributed by atoms with E-state index >= 15 is 0 Å². The SMILES string of the molecule is CC(=O)O[C@H]1CC[C@@H]2[C@H]3C[C@@H](O)[C@@]4(O)CCCC[C@H]4[C@@H]3CC[C@]12C. The van der Waals surface area contributed by atoms with Gasteiger partial charge in [0.1, 0.15) is 6.10 Å². The summed E-state index contributed by atoms with van der Waals surface area (Å²) in [5, 5.41) is 21.9. The highest BCUT2D eigenvalue weighted by atomic mass is 16.5. The van der Waals surface area contributed by atoms with Gasteiger partial charge in [0.25, 0.3) is 0 Å². The van der Waals surface area contributed by atoms with Gasteiger partial charge in [-0.15, -0.1) is 0 Å². The Morgan fingerprint density at radius 2 is 1.83 bits per heavy atom. The van der Waals surface area contributed by atoms with Gasteiger partial charge in [-0.05, 0) is 68.6 Å². The lowest BCUT2D eigenvalue weighted by Crippen LogP contribution is -2.62. The lowest BCUT2D eigenvalue weighted by molar-refractivity contribution is -0.212. The summed E-state index contributed by atoms with van der Waals surface area (Å²) < 4.78 is 5.67. The predicted octanol–water partition coefficient (Wildman–Crippen LogP) is 3.05. The van der Waals surface area contributed by atoms with Crippen LogP contribution in [0.2, 0.25) is 0 Å². The van der Waals surface area contributed by atoms with E-state index in [1.54, 1.807) is 0 Å². The summed E-state index contributed by atoms with van der Waals surface area (Å²) in [7, 11) is 0. The first-order chi connectivity index (χ1) is 11.4. The zero-order valence-electron chi connectivity index (χ0n) is 15.0. The Balaban J connectivity index is 1.60. The quantitative estimate of drug-likeness (QED) is 0.722. The second kappa shape index (κ2) is 5.70. The smallest absolute Gasteiger partial charge is 0.302 e. The van der Waals surface area contributed by atoms with Gasteiger partial charge in [0.15, 0.2) is 0 Å². The minimum Gasteiger partial charge on any atom is -0.462 e. The Morgan fingerprint density at radius 1 is 1.04 bits per heavy atom. The van der Waals surface area contributed by atoms with Crippen molar-refractivity contribution in [3.8, 4) is 0 Å². The first-order valence-electron chi connectivity index (χ1n) is 9.94. The van der Waals surface area contributed by atoms with E-state index in [1.807, 2.05) is 0 Å². The first-order valence-corrected chi connectivity index (χ1v) is 9.94. The number of aliphatic hydroxyl groups is 2. The van der Waals surface area contributed by atoms with E-state index < -0.39 is 11.7 Å². The fourth-order valence-corrected chi connectivity index (χ4v) is 7.17. The van der Waals surface area contributed by atoms with Crippen LogP contribution in [-0.4, -0.2) is 34.0 Å². The van der Waals surface area contributed by atoms with E-state index in [1.165, 1.54) is 13.3 Å². The van der Waals surface area contributed by atoms with Gasteiger partial charge < -0.3 is 14.9 Å². The summed E-state index contributed by atoms with van der Waals surface area (Å²) in [5.74, 6) is 1.61. The first kappa shape index (κ1) is 16.8. The lowest BCUT2D eigenvalue weighted by Gasteiger charge is -2.59. The normalized spacial score (nSPS) is 53.7. The van der Waals surface area contributed by atoms with Crippen molar-refractivity contribution < 1.29 is 19.7 Å². The van der Waals surface area contributed by atoms with Crippen molar-refractivity contribution in [2.45, 2.75) is 89.4 Å². The Hall–Kier alpha value is -0.610. The van der Waals surface area contributed by atoms with Crippen LogP contribution in [0.15, 0.2) is 0 Å². The minimum atomic E-state index is -0.846. The van der Waals surface area contributed by atoms with E-state index in [0.717, 1.165) is 51.4 Å². The standard InChI is InChI=1S/C20H32O4/c1-12(21)24-18-7-6-15-14-11-17(22)20(23)9-4-3-5-16(20)13(14)8-10-19(15,18)2/h13-18,22-23H,3-11H2,1-2H3/t13-,14+,15-,16+,17-,18+,19+,20-/m1/s1. The molecule has 0 amide bonds. The highest BCUT2D eigenvalue weighted by Crippen LogP contribution is 2.63. The Kier molecular flexibility index (Phi) is 4.00. The molecule has 0 aliphatic heterocycles. The molecule has 4 rings (SSSR count). The van der Waals surface area contributed by atoms with E-state index in [-0.39, 0.29) is 23.4 Å². The third kappa shape index (κ3) is 2.28. The van der Waals surface area contributed by atoms with Crippen LogP contribution in [0.25, 0.3) is 0 Å². The van der Waals surface area contributed by atoms with Crippen LogP contribution in [0, 0.1) is 29.1 Å². The number of ether oxygens (including phenoxy) is 1. The summed E-state index contributed by atoms with van der Waals surface area (Å²) in [6, 6.07) is 0. The van der Waals surface area contributed by atoms with Gasteiger partial charge in [-0.2, -0.15) is 0 Å². The fourth-order valence-electron chi connectivity index (χ4n) is 7.17. The van der Waals surface area contributed by atoms with Gasteiger partial charge >= 0.3 is 5.97 Å². The van der Waals surface area contributed by atoms with Crippen molar-refractivity contribution in [3.05, 3.63) is 0 Å². The van der Waals surface area contributed by atoms with Crippen LogP contribution in [0.1, 0.15) is 71.6 Å². The van der Waals surface area contributed by atoms with Gasteiger partial charge in [-0.3, -0.25) is 4.79 Å². The van der Waals surface area contributed by atoms with Crippen LogP contribution in [0.5, 0.6) is 0 Å². The largest absolute Gasteiger partial charge is 0.462 e. The minimum absolute atomic E-state index is 0.0326. The molecule has 4 aliphatic carbocycles. The summed E-state index contributed by atoms with van der Waals surface area (Å²) in [5.41, 5.74) is -0.794. The van der Waals surface area contributed by atoms with Crippen LogP contribution >= 0.6 is 0 Å². The second-order valence-corrected chi connectivity index (χ2v) is 9.25. The van der Waals surface area contributed by atoms with Crippen molar-refractivity contribution in [3.63, 3.8) is 0 Å². The van der Waals surface area contributed by atoms with Crippen LogP contribution < -0.4 is 0 Å². The topological polar surface area (TPSA) is 66.8 Å². The molecule has 2 N–H and O–H groups in total. The van der Waals surface area contributed by atoms with Crippen LogP contribution in [0.4, 0.5) is 0 Å². The maximum Gasteiger partial charge on any atom is 0.302 e. The number of hydrogen-bond donors (Lipinski definition) is 2. The Labute approximate surface area is 145 Å². The molecule has 0 spiro atoms. The number of rotatable bonds is 1. The maximum absolute atomic E-state index is 11.5. The molecule has 0 bridgehead atoms. The summed E-state index contributed by atoms with van der Waals surface area (Å²) in [6.07, 6.45) is 8.45. The monoisotopic (exact) mass is 336 g/mol. The number of hydrogen-bond acceptors (Lipinski definition) is 4. The summed E-state index contributed by atoms with van der Waals surface area (Å²) >= 11 is 0. The van der Waals surface area contributed by atoms with Gasteiger partial charge in [-0.25, -0.2) is 0 Å². The van der Waals surface area contributed by atoms with E-state index in [4.69, 9.17) is 4.74 Å². The molecule has 4 saturated carbocycles. The van der Waals surface area contributed by atoms with Crippen molar-refractivity contribution in [2.75, 3.05) is 0 Å². The van der Waals surface area contributed by atoms with E-state index in [0.29, 0.717) is 17.8 Å². The van der Waals surface area contributed by atoms with E-state index in [2.05, 4.69) is 6.92 Å². The molecule has 8 atom stereocenters. The zero-order chi connectivity index (χ0) is 17.1. The average molecular weight is 336 g/mol. The molecule has 4 nitrogen and oxygen atoms in total. The highest BCUT2D eigenvalue weighted by molar-refractivity contribution is 5.66. The molecular formula is C20H32O4. The van der Waals surface area contributed by atoms with Crippen molar-refractivity contribution in [2.24, 2.45) is 29.1 Å². The highest BCUT2D eigenvalue weighted by Gasteiger charge is 2.62. The molecule has 24 heavy (non-hydrogen) atoms. The third-order valence-corrected chi connectivity index (χ3v) is 8.29. The molecule has 4 heteroatoms. The number of fused-ring (bicyclic) bond motifs is 5. The van der Waals surface area contributed by atoms with Crippen LogP contribution in [0.3, 0.4) is 0 Å². The lowest BCUT2D eigenvalue weighted by atomic mass is 9.48. The molecule has 0 unspecified atom stereocenters. The van der Waals surface area contributed by atoms with Gasteiger partial charge in [-0.1, -0.05) is 19.8 Å². The molecule has 0 heterocycles. The van der Waals surface area contributed by atoms with E-state index in [9.17, 15) is 15.0 Å². The Bertz CT molecular complexity index is 520. The van der Waals surface area contributed by atoms with Crippen molar-refractivity contribution in [1.82, 2.24) is 0 Å². The summed E-state index contributed by atoms with van der Waals surface area (Å²) in [4.78, 5) is 11.5. The molecule has 136 valence electrons. The van der Waals surface area contributed by atoms with Crippen LogP contribution in [-0.2, 0) is 9.53 Å². The average Bonchev–Trinajstić information content (AvgIpc) is 2.85. The zero-order valence-corrected chi connectivity index (χ0v) is 15.0. The molecule has 0 aromatic rings. The molecule has 4 aliphatic rings. The second-order valence-electron chi connectivity index (χ2n) is 9.25. The molecule has 4 fully saturated rings. The molecule has 0 aromatic heterocycles. The van der Waals surface area contributed by atoms with Crippen molar-refractivity contribution in [1.29, 1.82) is 0 Å². The molecule has 0 saturated heterocycles. The van der Waals surface area contributed by atoms with Gasteiger partial charge in [0.2, 0.25) is 0 Å². The number of carbonyl (C=O) groups excluding carboxylic acids is 1. The van der Waals surface area contributed by atoms with Gasteiger partial charge in [0.05, 0.1) is 11.7 Å². The molecule has 0 radical (unpaired) electrons. The van der Waals surface area contributed by atoms with Crippen molar-refractivity contribution >= 4 is 5.97 Å². The third-order valence-electron chi connectivity index (χ3n) is 8.29. The van der Waals surface area contributed by atoms with Gasteiger partial charge in [0, 0.05) is 12.3 Å². The Morgan fingerprint density at radius 3 is 2.58 bits per heavy atom. The number of esters is 1. The maximum atomic E-state index is 11.5.